The number of rotatable bonds is 42. The smallest absolute Gasteiger partial charge is 0.326 e. The molecule has 0 aromatic heterocycles. The zero-order valence-corrected chi connectivity index (χ0v) is 32.8. The summed E-state index contributed by atoms with van der Waals surface area (Å²) in [6, 6.07) is -1.12. The van der Waals surface area contributed by atoms with Gasteiger partial charge in [-0.3, -0.25) is 19.2 Å². The summed E-state index contributed by atoms with van der Waals surface area (Å²) >= 11 is 0. The molecule has 15 heteroatoms. The molecule has 0 aliphatic rings. The Morgan fingerprint density at radius 3 is 1.37 bits per heavy atom. The van der Waals surface area contributed by atoms with Crippen molar-refractivity contribution in [1.29, 1.82) is 0 Å². The normalized spacial score (nSPS) is 11.6. The van der Waals surface area contributed by atoms with E-state index in [4.69, 9.17) is 24.1 Å². The van der Waals surface area contributed by atoms with E-state index in [1.165, 1.54) is 70.6 Å². The predicted molar refractivity (Wildman–Crippen MR) is 204 cm³/mol. The van der Waals surface area contributed by atoms with Crippen molar-refractivity contribution >= 4 is 35.9 Å². The van der Waals surface area contributed by atoms with E-state index in [0.29, 0.717) is 45.5 Å². The fourth-order valence-electron chi connectivity index (χ4n) is 5.59. The Morgan fingerprint density at radius 2 is 0.907 bits per heavy atom. The molecule has 0 aromatic rings. The Labute approximate surface area is 322 Å². The number of aldehydes is 1. The highest BCUT2D eigenvalue weighted by Crippen LogP contribution is 2.15. The maximum absolute atomic E-state index is 12.3. The first-order valence-electron chi connectivity index (χ1n) is 20.3. The number of nitrogens with one attached hydrogen (secondary N) is 3. The lowest BCUT2D eigenvalue weighted by Gasteiger charge is -2.14. The van der Waals surface area contributed by atoms with E-state index in [-0.39, 0.29) is 76.6 Å². The second-order valence-corrected chi connectivity index (χ2v) is 13.5. The van der Waals surface area contributed by atoms with Crippen molar-refractivity contribution in [3.05, 3.63) is 0 Å². The SMILES string of the molecule is O=CCOCCOCCNC(=O)COCCOCCNC(=O)CC[C@H](NC(=O)CCCCCCCCCCCCCCCCCCCCC(=O)O)C(=O)O. The third-order valence-corrected chi connectivity index (χ3v) is 8.64. The second kappa shape index (κ2) is 39.6. The molecule has 0 rings (SSSR count). The van der Waals surface area contributed by atoms with Crippen LogP contribution < -0.4 is 16.0 Å². The molecule has 0 unspecified atom stereocenters. The summed E-state index contributed by atoms with van der Waals surface area (Å²) < 4.78 is 20.8. The maximum atomic E-state index is 12.3. The van der Waals surface area contributed by atoms with Crippen LogP contribution in [0.4, 0.5) is 0 Å². The molecule has 1 atom stereocenters. The van der Waals surface area contributed by atoms with Crippen LogP contribution >= 0.6 is 0 Å². The minimum absolute atomic E-state index is 0.00949. The predicted octanol–water partition coefficient (Wildman–Crippen LogP) is 4.72. The van der Waals surface area contributed by atoms with Gasteiger partial charge >= 0.3 is 11.9 Å². The number of amides is 3. The zero-order chi connectivity index (χ0) is 39.7. The Bertz CT molecular complexity index is 969. The van der Waals surface area contributed by atoms with Crippen LogP contribution in [-0.4, -0.2) is 118 Å². The molecule has 314 valence electrons. The van der Waals surface area contributed by atoms with Crippen molar-refractivity contribution in [2.45, 2.75) is 147 Å². The summed E-state index contributed by atoms with van der Waals surface area (Å²) in [5.74, 6) is -2.81. The fraction of sp³-hybridized carbons (Fsp3) is 0.846. The van der Waals surface area contributed by atoms with Gasteiger partial charge in [-0.2, -0.15) is 0 Å². The van der Waals surface area contributed by atoms with Gasteiger partial charge in [-0.1, -0.05) is 103 Å². The van der Waals surface area contributed by atoms with Crippen LogP contribution in [0.1, 0.15) is 141 Å². The standard InChI is InChI=1S/C39H71N3O12/c43-25-28-53-30-29-51-27-24-41-37(46)33-54-32-31-52-26-23-40-35(44)22-21-34(39(49)50)42-36(45)19-17-15-13-11-9-7-5-3-1-2-4-6-8-10-12-14-16-18-20-38(47)48/h25,34H,1-24,26-33H2,(H,40,44)(H,41,46)(H,42,45)(H,47,48)(H,49,50)/t34-/m0/s1. The van der Waals surface area contributed by atoms with Crippen molar-refractivity contribution in [2.75, 3.05) is 65.9 Å². The lowest BCUT2D eigenvalue weighted by molar-refractivity contribution is -0.142. The lowest BCUT2D eigenvalue weighted by atomic mass is 10.0. The molecule has 5 N–H and O–H groups in total. The zero-order valence-electron chi connectivity index (χ0n) is 32.8. The number of carbonyl (C=O) groups is 6. The average Bonchev–Trinajstić information content (AvgIpc) is 3.14. The van der Waals surface area contributed by atoms with E-state index in [1.807, 2.05) is 0 Å². The Hall–Kier alpha value is -3.14. The van der Waals surface area contributed by atoms with Gasteiger partial charge in [0, 0.05) is 32.4 Å². The van der Waals surface area contributed by atoms with Crippen LogP contribution in [0.3, 0.4) is 0 Å². The Morgan fingerprint density at radius 1 is 0.481 bits per heavy atom. The third-order valence-electron chi connectivity index (χ3n) is 8.64. The first kappa shape index (κ1) is 50.9. The molecule has 0 saturated heterocycles. The third kappa shape index (κ3) is 38.6. The van der Waals surface area contributed by atoms with Gasteiger partial charge in [0.25, 0.3) is 0 Å². The van der Waals surface area contributed by atoms with Crippen LogP contribution in [0, 0.1) is 0 Å². The molecular formula is C39H71N3O12. The molecule has 0 heterocycles. The van der Waals surface area contributed by atoms with Crippen molar-refractivity contribution < 1.29 is 57.9 Å². The molecule has 0 saturated carbocycles. The summed E-state index contributed by atoms with van der Waals surface area (Å²) in [6.07, 6.45) is 21.9. The Balaban J connectivity index is 3.61. The molecule has 0 aromatic carbocycles. The van der Waals surface area contributed by atoms with Gasteiger partial charge in [0.05, 0.1) is 39.6 Å². The van der Waals surface area contributed by atoms with Gasteiger partial charge in [-0.15, -0.1) is 0 Å². The van der Waals surface area contributed by atoms with Gasteiger partial charge < -0.3 is 49.9 Å². The number of carboxylic acid groups (broad SMARTS) is 2. The highest BCUT2D eigenvalue weighted by Gasteiger charge is 2.20. The van der Waals surface area contributed by atoms with Crippen LogP contribution in [0.25, 0.3) is 0 Å². The number of hydrogen-bond donors (Lipinski definition) is 5. The largest absolute Gasteiger partial charge is 0.481 e. The lowest BCUT2D eigenvalue weighted by Crippen LogP contribution is -2.41. The van der Waals surface area contributed by atoms with Gasteiger partial charge in [0.15, 0.2) is 0 Å². The topological polar surface area (TPSA) is 216 Å². The summed E-state index contributed by atoms with van der Waals surface area (Å²) in [4.78, 5) is 68.4. The minimum Gasteiger partial charge on any atom is -0.481 e. The van der Waals surface area contributed by atoms with Crippen molar-refractivity contribution in [2.24, 2.45) is 0 Å². The highest BCUT2D eigenvalue weighted by atomic mass is 16.5. The summed E-state index contributed by atoms with van der Waals surface area (Å²) in [5.41, 5.74) is 0. The monoisotopic (exact) mass is 774 g/mol. The number of carboxylic acids is 2. The van der Waals surface area contributed by atoms with Gasteiger partial charge in [-0.25, -0.2) is 4.79 Å². The van der Waals surface area contributed by atoms with Crippen molar-refractivity contribution in [1.82, 2.24) is 16.0 Å². The molecule has 0 radical (unpaired) electrons. The van der Waals surface area contributed by atoms with Crippen LogP contribution in [0.5, 0.6) is 0 Å². The fourth-order valence-corrected chi connectivity index (χ4v) is 5.59. The molecule has 54 heavy (non-hydrogen) atoms. The second-order valence-electron chi connectivity index (χ2n) is 13.5. The summed E-state index contributed by atoms with van der Waals surface area (Å²) in [5, 5.41) is 26.0. The molecule has 0 fully saturated rings. The van der Waals surface area contributed by atoms with E-state index in [0.717, 1.165) is 38.5 Å². The molecule has 0 bridgehead atoms. The minimum atomic E-state index is -1.17. The Kier molecular flexibility index (Phi) is 37.3. The number of carbonyl (C=O) groups excluding carboxylic acids is 4. The summed E-state index contributed by atoms with van der Waals surface area (Å²) in [7, 11) is 0. The number of hydrogen-bond acceptors (Lipinski definition) is 10. The molecular weight excluding hydrogens is 702 g/mol. The molecule has 0 aliphatic carbocycles. The molecule has 3 amide bonds. The molecule has 15 nitrogen and oxygen atoms in total. The summed E-state index contributed by atoms with van der Waals surface area (Å²) in [6.45, 7) is 2.03. The van der Waals surface area contributed by atoms with Crippen molar-refractivity contribution in [3.8, 4) is 0 Å². The van der Waals surface area contributed by atoms with E-state index in [2.05, 4.69) is 16.0 Å². The van der Waals surface area contributed by atoms with Gasteiger partial charge in [0.1, 0.15) is 25.5 Å². The van der Waals surface area contributed by atoms with Crippen molar-refractivity contribution in [3.63, 3.8) is 0 Å². The van der Waals surface area contributed by atoms with E-state index in [1.54, 1.807) is 0 Å². The van der Waals surface area contributed by atoms with Crippen LogP contribution in [0.15, 0.2) is 0 Å². The van der Waals surface area contributed by atoms with E-state index >= 15 is 0 Å². The first-order valence-corrected chi connectivity index (χ1v) is 20.3. The van der Waals surface area contributed by atoms with Crippen LogP contribution in [-0.2, 0) is 47.7 Å². The number of unbranched alkanes of at least 4 members (excludes halogenated alkanes) is 17. The van der Waals surface area contributed by atoms with Crippen LogP contribution in [0.2, 0.25) is 0 Å². The van der Waals surface area contributed by atoms with Gasteiger partial charge in [0.2, 0.25) is 17.7 Å². The first-order chi connectivity index (χ1) is 26.3. The quantitative estimate of drug-likeness (QED) is 0.0421. The average molecular weight is 774 g/mol. The maximum Gasteiger partial charge on any atom is 0.326 e. The number of ether oxygens (including phenoxy) is 4. The van der Waals surface area contributed by atoms with E-state index in [9.17, 15) is 33.9 Å². The van der Waals surface area contributed by atoms with Gasteiger partial charge in [-0.05, 0) is 19.3 Å². The molecule has 0 aliphatic heterocycles. The molecule has 0 spiro atoms. The highest BCUT2D eigenvalue weighted by molar-refractivity contribution is 5.84. The number of aliphatic carboxylic acids is 2. The van der Waals surface area contributed by atoms with E-state index < -0.39 is 18.0 Å².